The van der Waals surface area contributed by atoms with Gasteiger partial charge in [-0.25, -0.2) is 0 Å². The lowest BCUT2D eigenvalue weighted by molar-refractivity contribution is -0.138. The van der Waals surface area contributed by atoms with Crippen LogP contribution in [0.3, 0.4) is 0 Å². The molecule has 0 radical (unpaired) electrons. The largest absolute Gasteiger partial charge is 0.493 e. The molecule has 1 aromatic rings. The Hall–Kier alpha value is -2.28. The molecule has 1 fully saturated rings. The van der Waals surface area contributed by atoms with Gasteiger partial charge in [0.2, 0.25) is 0 Å². The van der Waals surface area contributed by atoms with E-state index in [4.69, 9.17) is 9.84 Å². The van der Waals surface area contributed by atoms with Gasteiger partial charge in [0.15, 0.2) is 0 Å². The predicted octanol–water partition coefficient (Wildman–Crippen LogP) is 5.62. The number of aliphatic hydroxyl groups is 1. The van der Waals surface area contributed by atoms with Crippen LogP contribution in [0.5, 0.6) is 5.75 Å². The van der Waals surface area contributed by atoms with Gasteiger partial charge in [0.05, 0.1) is 18.3 Å². The fraction of sp³-hybridized carbons (Fsp3) is 0.522. The third kappa shape index (κ3) is 8.22. The topological polar surface area (TPSA) is 66.8 Å². The van der Waals surface area contributed by atoms with Crippen LogP contribution < -0.4 is 4.74 Å². The zero-order chi connectivity index (χ0) is 22.0. The van der Waals surface area contributed by atoms with Crippen molar-refractivity contribution in [1.29, 1.82) is 0 Å². The second-order valence-corrected chi connectivity index (χ2v) is 7.57. The molecule has 1 unspecified atom stereocenters. The minimum atomic E-state index is -4.39. The van der Waals surface area contributed by atoms with Crippen molar-refractivity contribution in [2.45, 2.75) is 57.2 Å². The molecule has 0 spiro atoms. The second-order valence-electron chi connectivity index (χ2n) is 7.57. The number of carboxylic acid groups (broad SMARTS) is 1. The highest BCUT2D eigenvalue weighted by molar-refractivity contribution is 5.66. The van der Waals surface area contributed by atoms with Crippen molar-refractivity contribution in [2.75, 3.05) is 6.61 Å². The van der Waals surface area contributed by atoms with Gasteiger partial charge in [0, 0.05) is 12.3 Å². The summed E-state index contributed by atoms with van der Waals surface area (Å²) in [6.45, 7) is 0.259. The minimum Gasteiger partial charge on any atom is -0.493 e. The van der Waals surface area contributed by atoms with Crippen LogP contribution in [-0.4, -0.2) is 28.9 Å². The van der Waals surface area contributed by atoms with Crippen molar-refractivity contribution < 1.29 is 32.9 Å². The van der Waals surface area contributed by atoms with Gasteiger partial charge in [0.1, 0.15) is 5.75 Å². The fourth-order valence-corrected chi connectivity index (χ4v) is 3.66. The number of alkyl halides is 3. The fourth-order valence-electron chi connectivity index (χ4n) is 3.66. The zero-order valence-electron chi connectivity index (χ0n) is 16.9. The summed E-state index contributed by atoms with van der Waals surface area (Å²) >= 11 is 0. The highest BCUT2D eigenvalue weighted by atomic mass is 19.4. The predicted molar refractivity (Wildman–Crippen MR) is 108 cm³/mol. The number of benzene rings is 1. The summed E-state index contributed by atoms with van der Waals surface area (Å²) in [4.78, 5) is 10.5. The lowest BCUT2D eigenvalue weighted by atomic mass is 9.91. The van der Waals surface area contributed by atoms with Gasteiger partial charge >= 0.3 is 12.1 Å². The Balaban J connectivity index is 1.74. The molecule has 1 aliphatic rings. The van der Waals surface area contributed by atoms with Crippen LogP contribution >= 0.6 is 0 Å². The summed E-state index contributed by atoms with van der Waals surface area (Å²) in [6, 6.07) is 4.82. The number of unbranched alkanes of at least 4 members (excludes halogenated alkanes) is 1. The highest BCUT2D eigenvalue weighted by Crippen LogP contribution is 2.36. The summed E-state index contributed by atoms with van der Waals surface area (Å²) in [7, 11) is 0. The Morgan fingerprint density at radius 1 is 1.17 bits per heavy atom. The highest BCUT2D eigenvalue weighted by Gasteiger charge is 2.32. The molecule has 0 aliphatic heterocycles. The molecule has 2 N–H and O–H groups in total. The van der Waals surface area contributed by atoms with Crippen molar-refractivity contribution in [3.05, 3.63) is 54.1 Å². The van der Waals surface area contributed by atoms with Gasteiger partial charge in [0.25, 0.3) is 0 Å². The molecule has 7 heteroatoms. The SMILES string of the molecule is O=C(O)CCC/C=C\C[C@H]1CC[C@@H](O)C1/C=C/CCOc1cccc(C(F)(F)F)c1. The van der Waals surface area contributed by atoms with Crippen LogP contribution in [0.4, 0.5) is 13.2 Å². The van der Waals surface area contributed by atoms with Gasteiger partial charge in [-0.3, -0.25) is 4.79 Å². The molecular formula is C23H29F3O4. The standard InChI is InChI=1S/C23H29F3O4/c24-23(25,26)18-9-7-10-19(16-18)30-15-6-5-11-20-17(13-14-21(20)27)8-3-1-2-4-12-22(28)29/h1,3,5,7,9-11,16-17,20-21,27H,2,4,6,8,12-15H2,(H,28,29)/b3-1-,11-5+/t17-,20?,21+/m0/s1. The molecule has 3 atom stereocenters. The molecule has 166 valence electrons. The van der Waals surface area contributed by atoms with E-state index < -0.39 is 23.8 Å². The summed E-state index contributed by atoms with van der Waals surface area (Å²) in [5, 5.41) is 18.8. The number of carboxylic acids is 1. The van der Waals surface area contributed by atoms with Crippen LogP contribution in [-0.2, 0) is 11.0 Å². The number of rotatable bonds is 11. The quantitative estimate of drug-likeness (QED) is 0.356. The minimum absolute atomic E-state index is 0.0437. The number of hydrogen-bond acceptors (Lipinski definition) is 3. The molecule has 1 saturated carbocycles. The van der Waals surface area contributed by atoms with Gasteiger partial charge < -0.3 is 14.9 Å². The normalized spacial score (nSPS) is 22.2. The maximum absolute atomic E-state index is 12.7. The van der Waals surface area contributed by atoms with Gasteiger partial charge in [-0.15, -0.1) is 0 Å². The maximum atomic E-state index is 12.7. The molecule has 0 heterocycles. The van der Waals surface area contributed by atoms with Crippen molar-refractivity contribution in [1.82, 2.24) is 0 Å². The van der Waals surface area contributed by atoms with E-state index in [1.165, 1.54) is 12.1 Å². The molecular weight excluding hydrogens is 397 g/mol. The Kier molecular flexibility index (Phi) is 9.43. The van der Waals surface area contributed by atoms with E-state index in [9.17, 15) is 23.1 Å². The van der Waals surface area contributed by atoms with Gasteiger partial charge in [-0.2, -0.15) is 13.2 Å². The number of aliphatic carboxylic acids is 1. The smallest absolute Gasteiger partial charge is 0.416 e. The van der Waals surface area contributed by atoms with Crippen LogP contribution in [0.1, 0.15) is 50.5 Å². The lowest BCUT2D eigenvalue weighted by Gasteiger charge is -2.17. The van der Waals surface area contributed by atoms with Crippen LogP contribution in [0.2, 0.25) is 0 Å². The van der Waals surface area contributed by atoms with E-state index in [0.717, 1.165) is 37.8 Å². The molecule has 1 aliphatic carbocycles. The molecule has 0 amide bonds. The number of aliphatic hydroxyl groups excluding tert-OH is 1. The first-order chi connectivity index (χ1) is 14.3. The Morgan fingerprint density at radius 3 is 2.70 bits per heavy atom. The molecule has 0 bridgehead atoms. The number of ether oxygens (including phenoxy) is 1. The monoisotopic (exact) mass is 426 g/mol. The van der Waals surface area contributed by atoms with E-state index in [2.05, 4.69) is 6.08 Å². The summed E-state index contributed by atoms with van der Waals surface area (Å²) < 4.78 is 43.6. The van der Waals surface area contributed by atoms with E-state index in [-0.39, 0.29) is 24.7 Å². The average Bonchev–Trinajstić information content (AvgIpc) is 3.03. The molecule has 4 nitrogen and oxygen atoms in total. The van der Waals surface area contributed by atoms with E-state index in [1.54, 1.807) is 0 Å². The molecule has 30 heavy (non-hydrogen) atoms. The Labute approximate surface area is 175 Å². The average molecular weight is 426 g/mol. The first kappa shape index (κ1) is 24.0. The second kappa shape index (κ2) is 11.8. The molecule has 0 aromatic heterocycles. The first-order valence-electron chi connectivity index (χ1n) is 10.3. The van der Waals surface area contributed by atoms with Crippen LogP contribution in [0.25, 0.3) is 0 Å². The van der Waals surface area contributed by atoms with Gasteiger partial charge in [-0.05, 0) is 62.6 Å². The Bertz CT molecular complexity index is 727. The third-order valence-corrected chi connectivity index (χ3v) is 5.26. The molecule has 1 aromatic carbocycles. The Morgan fingerprint density at radius 2 is 1.97 bits per heavy atom. The van der Waals surface area contributed by atoms with Crippen molar-refractivity contribution in [2.24, 2.45) is 11.8 Å². The number of hydrogen-bond donors (Lipinski definition) is 2. The number of halogens is 3. The zero-order valence-corrected chi connectivity index (χ0v) is 16.9. The van der Waals surface area contributed by atoms with Crippen LogP contribution in [0, 0.1) is 11.8 Å². The number of allylic oxidation sites excluding steroid dienone is 2. The molecule has 0 saturated heterocycles. The van der Waals surface area contributed by atoms with Crippen LogP contribution in [0.15, 0.2) is 48.6 Å². The summed E-state index contributed by atoms with van der Waals surface area (Å²) in [5.41, 5.74) is -0.733. The van der Waals surface area contributed by atoms with Gasteiger partial charge in [-0.1, -0.05) is 30.4 Å². The van der Waals surface area contributed by atoms with E-state index in [0.29, 0.717) is 18.8 Å². The van der Waals surface area contributed by atoms with Crippen molar-refractivity contribution in [3.8, 4) is 5.75 Å². The summed E-state index contributed by atoms with van der Waals surface area (Å²) in [5.74, 6) is -0.229. The van der Waals surface area contributed by atoms with Crippen molar-refractivity contribution in [3.63, 3.8) is 0 Å². The molecule has 2 rings (SSSR count). The van der Waals surface area contributed by atoms with E-state index in [1.807, 2.05) is 18.2 Å². The van der Waals surface area contributed by atoms with Crippen molar-refractivity contribution >= 4 is 5.97 Å². The van der Waals surface area contributed by atoms with E-state index >= 15 is 0 Å². The first-order valence-corrected chi connectivity index (χ1v) is 10.3. The lowest BCUT2D eigenvalue weighted by Crippen LogP contribution is -2.16. The number of carbonyl (C=O) groups is 1. The maximum Gasteiger partial charge on any atom is 0.416 e. The summed E-state index contributed by atoms with van der Waals surface area (Å²) in [6.07, 6.45) is 7.73. The third-order valence-electron chi connectivity index (χ3n) is 5.26.